The molecule has 0 saturated heterocycles. The molecule has 0 radical (unpaired) electrons. The predicted octanol–water partition coefficient (Wildman–Crippen LogP) is 5.01. The standard InChI is InChI=1S/C31H49N3O5/c1-20(2)24(16-23-9-10-29(38-7)30(17-23)39-14-8-13-37-6)18-27(32)28(35)19-26(21(3)4)31(36)34-25-11-12-33-22(5)15-25/h9-12,15,17,20-21,24,26-28,35H,8,13-14,16,18-19,32H2,1-7H3,(H,33,34,36). The molecule has 2 rings (SSSR count). The monoisotopic (exact) mass is 543 g/mol. The molecule has 1 aromatic heterocycles. The molecule has 4 atom stereocenters. The van der Waals surface area contributed by atoms with Gasteiger partial charge in [0.1, 0.15) is 0 Å². The Bertz CT molecular complexity index is 1010. The largest absolute Gasteiger partial charge is 0.493 e. The number of aryl methyl sites for hydroxylation is 1. The predicted molar refractivity (Wildman–Crippen MR) is 156 cm³/mol. The number of rotatable bonds is 17. The van der Waals surface area contributed by atoms with Crippen molar-refractivity contribution in [3.8, 4) is 11.5 Å². The molecule has 1 aromatic carbocycles. The van der Waals surface area contributed by atoms with Crippen LogP contribution in [0.3, 0.4) is 0 Å². The van der Waals surface area contributed by atoms with E-state index in [1.165, 1.54) is 0 Å². The van der Waals surface area contributed by atoms with Crippen molar-refractivity contribution < 1.29 is 24.1 Å². The summed E-state index contributed by atoms with van der Waals surface area (Å²) in [5.74, 6) is 1.59. The molecular formula is C31H49N3O5. The Morgan fingerprint density at radius 2 is 1.77 bits per heavy atom. The van der Waals surface area contributed by atoms with Gasteiger partial charge in [-0.15, -0.1) is 0 Å². The highest BCUT2D eigenvalue weighted by Gasteiger charge is 2.30. The highest BCUT2D eigenvalue weighted by atomic mass is 16.5. The van der Waals surface area contributed by atoms with Crippen molar-refractivity contribution in [3.63, 3.8) is 0 Å². The lowest BCUT2D eigenvalue weighted by molar-refractivity contribution is -0.122. The summed E-state index contributed by atoms with van der Waals surface area (Å²) in [6.45, 7) is 11.4. The Hall–Kier alpha value is -2.68. The molecule has 0 aliphatic heterocycles. The fraction of sp³-hybridized carbons (Fsp3) is 0.613. The molecule has 39 heavy (non-hydrogen) atoms. The van der Waals surface area contributed by atoms with Crippen molar-refractivity contribution in [1.82, 2.24) is 4.98 Å². The van der Waals surface area contributed by atoms with Crippen LogP contribution in [0, 0.1) is 30.6 Å². The minimum atomic E-state index is -0.792. The number of aromatic nitrogens is 1. The zero-order valence-electron chi connectivity index (χ0n) is 24.8. The van der Waals surface area contributed by atoms with Gasteiger partial charge in [0.05, 0.1) is 19.8 Å². The lowest BCUT2D eigenvalue weighted by Crippen LogP contribution is -2.41. The maximum Gasteiger partial charge on any atom is 0.227 e. The molecule has 0 bridgehead atoms. The topological polar surface area (TPSA) is 116 Å². The number of nitrogens with two attached hydrogens (primary N) is 1. The zero-order chi connectivity index (χ0) is 28.9. The molecule has 0 aliphatic rings. The van der Waals surface area contributed by atoms with Gasteiger partial charge in [-0.25, -0.2) is 0 Å². The maximum absolute atomic E-state index is 13.1. The van der Waals surface area contributed by atoms with Crippen LogP contribution in [-0.4, -0.2) is 55.6 Å². The van der Waals surface area contributed by atoms with Gasteiger partial charge < -0.3 is 30.4 Å². The van der Waals surface area contributed by atoms with E-state index in [1.54, 1.807) is 26.5 Å². The number of carbonyl (C=O) groups is 1. The van der Waals surface area contributed by atoms with Crippen LogP contribution in [0.15, 0.2) is 36.5 Å². The van der Waals surface area contributed by atoms with Gasteiger partial charge in [-0.3, -0.25) is 9.78 Å². The quantitative estimate of drug-likeness (QED) is 0.240. The van der Waals surface area contributed by atoms with Gasteiger partial charge >= 0.3 is 0 Å². The molecule has 0 fully saturated rings. The highest BCUT2D eigenvalue weighted by Crippen LogP contribution is 2.32. The minimum absolute atomic E-state index is 0.0530. The number of aliphatic hydroxyl groups excluding tert-OH is 1. The number of hydrogen-bond acceptors (Lipinski definition) is 7. The van der Waals surface area contributed by atoms with Crippen molar-refractivity contribution in [2.24, 2.45) is 29.4 Å². The SMILES string of the molecule is COCCCOc1cc(CC(CC(N)C(O)CC(C(=O)Nc2ccnc(C)c2)C(C)C)C(C)C)ccc1OC. The average Bonchev–Trinajstić information content (AvgIpc) is 2.88. The molecule has 0 aliphatic carbocycles. The number of nitrogens with one attached hydrogen (secondary N) is 1. The molecule has 1 heterocycles. The normalized spacial score (nSPS) is 14.6. The Morgan fingerprint density at radius 3 is 2.38 bits per heavy atom. The molecule has 0 spiro atoms. The van der Waals surface area contributed by atoms with Crippen LogP contribution < -0.4 is 20.5 Å². The summed E-state index contributed by atoms with van der Waals surface area (Å²) in [6, 6.07) is 9.18. The van der Waals surface area contributed by atoms with E-state index in [0.29, 0.717) is 49.2 Å². The van der Waals surface area contributed by atoms with Crippen molar-refractivity contribution in [2.45, 2.75) is 72.4 Å². The van der Waals surface area contributed by atoms with Crippen LogP contribution in [0.1, 0.15) is 58.2 Å². The number of ether oxygens (including phenoxy) is 3. The van der Waals surface area contributed by atoms with Gasteiger partial charge in [-0.1, -0.05) is 33.8 Å². The van der Waals surface area contributed by atoms with Crippen LogP contribution in [0.5, 0.6) is 11.5 Å². The molecular weight excluding hydrogens is 494 g/mol. The minimum Gasteiger partial charge on any atom is -0.493 e. The van der Waals surface area contributed by atoms with Crippen LogP contribution in [0.4, 0.5) is 5.69 Å². The van der Waals surface area contributed by atoms with E-state index >= 15 is 0 Å². The van der Waals surface area contributed by atoms with Gasteiger partial charge in [-0.2, -0.15) is 0 Å². The van der Waals surface area contributed by atoms with Crippen molar-refractivity contribution >= 4 is 11.6 Å². The van der Waals surface area contributed by atoms with Crippen LogP contribution in [-0.2, 0) is 16.0 Å². The summed E-state index contributed by atoms with van der Waals surface area (Å²) in [7, 11) is 3.31. The van der Waals surface area contributed by atoms with E-state index in [1.807, 2.05) is 39.0 Å². The molecule has 218 valence electrons. The number of hydrogen-bond donors (Lipinski definition) is 3. The fourth-order valence-corrected chi connectivity index (χ4v) is 4.72. The van der Waals surface area contributed by atoms with E-state index in [4.69, 9.17) is 19.9 Å². The van der Waals surface area contributed by atoms with Gasteiger partial charge in [0.25, 0.3) is 0 Å². The second kappa shape index (κ2) is 16.4. The number of benzene rings is 1. The van der Waals surface area contributed by atoms with Crippen molar-refractivity contribution in [3.05, 3.63) is 47.8 Å². The molecule has 8 heteroatoms. The van der Waals surface area contributed by atoms with E-state index in [-0.39, 0.29) is 23.7 Å². The number of aliphatic hydroxyl groups is 1. The number of carbonyl (C=O) groups excluding carboxylic acids is 1. The summed E-state index contributed by atoms with van der Waals surface area (Å²) in [5, 5.41) is 14.1. The van der Waals surface area contributed by atoms with E-state index < -0.39 is 12.1 Å². The highest BCUT2D eigenvalue weighted by molar-refractivity contribution is 5.92. The fourth-order valence-electron chi connectivity index (χ4n) is 4.72. The third kappa shape index (κ3) is 10.8. The van der Waals surface area contributed by atoms with Gasteiger partial charge in [0, 0.05) is 49.7 Å². The van der Waals surface area contributed by atoms with Gasteiger partial charge in [0.2, 0.25) is 5.91 Å². The summed E-state index contributed by atoms with van der Waals surface area (Å²) in [4.78, 5) is 17.3. The summed E-state index contributed by atoms with van der Waals surface area (Å²) in [5.41, 5.74) is 9.22. The van der Waals surface area contributed by atoms with E-state index in [0.717, 1.165) is 24.1 Å². The molecule has 4 unspecified atom stereocenters. The lowest BCUT2D eigenvalue weighted by Gasteiger charge is -2.30. The number of anilines is 1. The first-order chi connectivity index (χ1) is 18.5. The summed E-state index contributed by atoms with van der Waals surface area (Å²) < 4.78 is 16.5. The number of methoxy groups -OCH3 is 2. The number of pyridine rings is 1. The first-order valence-electron chi connectivity index (χ1n) is 14.0. The summed E-state index contributed by atoms with van der Waals surface area (Å²) in [6.07, 6.45) is 3.42. The number of amides is 1. The summed E-state index contributed by atoms with van der Waals surface area (Å²) >= 11 is 0. The smallest absolute Gasteiger partial charge is 0.227 e. The van der Waals surface area contributed by atoms with Gasteiger partial charge in [-0.05, 0) is 73.8 Å². The third-order valence-corrected chi connectivity index (χ3v) is 7.29. The second-order valence-electron chi connectivity index (χ2n) is 11.1. The molecule has 8 nitrogen and oxygen atoms in total. The molecule has 2 aromatic rings. The molecule has 1 amide bonds. The molecule has 0 saturated carbocycles. The van der Waals surface area contributed by atoms with Crippen LogP contribution in [0.2, 0.25) is 0 Å². The number of nitrogens with zero attached hydrogens (tertiary/aromatic N) is 1. The van der Waals surface area contributed by atoms with Crippen LogP contribution in [0.25, 0.3) is 0 Å². The van der Waals surface area contributed by atoms with E-state index in [9.17, 15) is 9.90 Å². The first-order valence-corrected chi connectivity index (χ1v) is 14.0. The van der Waals surface area contributed by atoms with Gasteiger partial charge in [0.15, 0.2) is 11.5 Å². The first kappa shape index (κ1) is 32.5. The van der Waals surface area contributed by atoms with E-state index in [2.05, 4.69) is 30.2 Å². The maximum atomic E-state index is 13.1. The van der Waals surface area contributed by atoms with Crippen LogP contribution >= 0.6 is 0 Å². The van der Waals surface area contributed by atoms with Crippen molar-refractivity contribution in [1.29, 1.82) is 0 Å². The molecule has 4 N–H and O–H groups in total. The lowest BCUT2D eigenvalue weighted by atomic mass is 9.81. The zero-order valence-corrected chi connectivity index (χ0v) is 24.8. The third-order valence-electron chi connectivity index (χ3n) is 7.29. The average molecular weight is 544 g/mol. The Balaban J connectivity index is 2.04. The van der Waals surface area contributed by atoms with Crippen molar-refractivity contribution in [2.75, 3.05) is 32.8 Å². The Labute approximate surface area is 234 Å². The Morgan fingerprint density at radius 1 is 1.03 bits per heavy atom. The Kier molecular flexibility index (Phi) is 13.7. The second-order valence-corrected chi connectivity index (χ2v) is 11.1.